The summed E-state index contributed by atoms with van der Waals surface area (Å²) in [4.78, 5) is 0. The molecule has 2 N–H and O–H groups in total. The fourth-order valence-electron chi connectivity index (χ4n) is 2.70. The SMILES string of the molecule is CCCCP(CCC)CCC.CCCCP(CCC)CCC.O=S(=O)(O)O. The minimum atomic E-state index is -4.67. The predicted octanol–water partition coefficient (Wildman–Crippen LogP) is 7.52. The molecule has 0 fully saturated rings. The summed E-state index contributed by atoms with van der Waals surface area (Å²) >= 11 is 0. The number of hydrogen-bond acceptors (Lipinski definition) is 2. The first-order valence-corrected chi connectivity index (χ1v) is 16.0. The lowest BCUT2D eigenvalue weighted by molar-refractivity contribution is 0.381. The highest BCUT2D eigenvalue weighted by Gasteiger charge is 2.04. The largest absolute Gasteiger partial charge is 0.394 e. The molecule has 0 saturated heterocycles. The van der Waals surface area contributed by atoms with Crippen molar-refractivity contribution in [3.05, 3.63) is 0 Å². The Morgan fingerprint density at radius 2 is 0.741 bits per heavy atom. The molecule has 0 aliphatic rings. The topological polar surface area (TPSA) is 74.6 Å². The van der Waals surface area contributed by atoms with Crippen LogP contribution in [-0.2, 0) is 10.4 Å². The van der Waals surface area contributed by atoms with Crippen molar-refractivity contribution in [3.8, 4) is 0 Å². The molecule has 0 unspecified atom stereocenters. The van der Waals surface area contributed by atoms with E-state index in [0.717, 1.165) is 0 Å². The summed E-state index contributed by atoms with van der Waals surface area (Å²) in [6, 6.07) is 0. The second-order valence-corrected chi connectivity index (χ2v) is 13.1. The molecule has 0 bridgehead atoms. The van der Waals surface area contributed by atoms with Gasteiger partial charge in [-0.15, -0.1) is 15.8 Å². The summed E-state index contributed by atoms with van der Waals surface area (Å²) in [7, 11) is -3.80. The van der Waals surface area contributed by atoms with E-state index in [9.17, 15) is 0 Å². The highest BCUT2D eigenvalue weighted by atomic mass is 32.3. The van der Waals surface area contributed by atoms with Crippen molar-refractivity contribution in [2.24, 2.45) is 0 Å². The lowest BCUT2D eigenvalue weighted by atomic mass is 10.4. The van der Waals surface area contributed by atoms with Crippen molar-refractivity contribution in [1.82, 2.24) is 0 Å². The minimum absolute atomic E-state index is 0.433. The summed E-state index contributed by atoms with van der Waals surface area (Å²) in [5, 5.41) is 0. The zero-order valence-corrected chi connectivity index (χ0v) is 21.5. The summed E-state index contributed by atoms with van der Waals surface area (Å²) < 4.78 is 31.6. The van der Waals surface area contributed by atoms with Gasteiger partial charge in [0.25, 0.3) is 0 Å². The summed E-state index contributed by atoms with van der Waals surface area (Å²) in [5.41, 5.74) is 0. The Balaban J connectivity index is -0.000000344. The molecular formula is C20H48O4P2S. The van der Waals surface area contributed by atoms with Gasteiger partial charge in [-0.1, -0.05) is 80.1 Å². The Kier molecular flexibility index (Phi) is 29.7. The van der Waals surface area contributed by atoms with Crippen LogP contribution in [0.4, 0.5) is 0 Å². The highest BCUT2D eigenvalue weighted by molar-refractivity contribution is 7.79. The molecule has 0 radical (unpaired) electrons. The summed E-state index contributed by atoms with van der Waals surface area (Å²) in [6.07, 6.45) is 20.4. The molecule has 0 saturated carbocycles. The van der Waals surface area contributed by atoms with E-state index in [2.05, 4.69) is 41.5 Å². The molecule has 4 nitrogen and oxygen atoms in total. The van der Waals surface area contributed by atoms with Crippen LogP contribution in [0.5, 0.6) is 0 Å². The maximum absolute atomic E-state index is 8.74. The van der Waals surface area contributed by atoms with Crippen LogP contribution < -0.4 is 0 Å². The first-order valence-electron chi connectivity index (χ1n) is 10.8. The van der Waals surface area contributed by atoms with Crippen molar-refractivity contribution >= 4 is 26.2 Å². The van der Waals surface area contributed by atoms with Gasteiger partial charge in [0.1, 0.15) is 0 Å². The molecule has 0 aromatic carbocycles. The smallest absolute Gasteiger partial charge is 0.264 e. The van der Waals surface area contributed by atoms with Gasteiger partial charge in [0.05, 0.1) is 0 Å². The normalized spacial score (nSPS) is 11.0. The van der Waals surface area contributed by atoms with Gasteiger partial charge in [0, 0.05) is 0 Å². The number of hydrogen-bond donors (Lipinski definition) is 2. The van der Waals surface area contributed by atoms with Gasteiger partial charge < -0.3 is 0 Å². The van der Waals surface area contributed by atoms with Gasteiger partial charge in [-0.2, -0.15) is 8.42 Å². The summed E-state index contributed by atoms with van der Waals surface area (Å²) in [6.45, 7) is 13.9. The van der Waals surface area contributed by atoms with Crippen LogP contribution in [0.1, 0.15) is 92.9 Å². The van der Waals surface area contributed by atoms with E-state index >= 15 is 0 Å². The van der Waals surface area contributed by atoms with Crippen molar-refractivity contribution < 1.29 is 17.5 Å². The van der Waals surface area contributed by atoms with Crippen LogP contribution in [0.25, 0.3) is 0 Å². The first-order chi connectivity index (χ1) is 12.7. The maximum atomic E-state index is 8.74. The van der Waals surface area contributed by atoms with E-state index in [0.29, 0.717) is 15.8 Å². The van der Waals surface area contributed by atoms with Crippen molar-refractivity contribution in [2.75, 3.05) is 37.0 Å². The third-order valence-corrected chi connectivity index (χ3v) is 10.0. The zero-order chi connectivity index (χ0) is 21.6. The molecule has 7 heteroatoms. The molecule has 168 valence electrons. The molecule has 0 rings (SSSR count). The molecule has 0 aliphatic carbocycles. The molecule has 0 aromatic heterocycles. The molecule has 0 heterocycles. The molecule has 0 aromatic rings. The van der Waals surface area contributed by atoms with Gasteiger partial charge in [0.15, 0.2) is 0 Å². The Labute approximate surface area is 173 Å². The Hall–Kier alpha value is 0.730. The average Bonchev–Trinajstić information content (AvgIpc) is 2.57. The summed E-state index contributed by atoms with van der Waals surface area (Å²) in [5.74, 6) is 0. The van der Waals surface area contributed by atoms with E-state index < -0.39 is 10.4 Å². The monoisotopic (exact) mass is 446 g/mol. The van der Waals surface area contributed by atoms with E-state index in [1.165, 1.54) is 88.3 Å². The zero-order valence-electron chi connectivity index (χ0n) is 18.9. The third-order valence-electron chi connectivity index (χ3n) is 3.82. The lowest BCUT2D eigenvalue weighted by Gasteiger charge is -2.14. The molecule has 0 spiro atoms. The lowest BCUT2D eigenvalue weighted by Crippen LogP contribution is -1.93. The van der Waals surface area contributed by atoms with Gasteiger partial charge >= 0.3 is 10.4 Å². The number of rotatable bonds is 14. The van der Waals surface area contributed by atoms with E-state index in [4.69, 9.17) is 17.5 Å². The van der Waals surface area contributed by atoms with Crippen LogP contribution in [0, 0.1) is 0 Å². The highest BCUT2D eigenvalue weighted by Crippen LogP contribution is 2.38. The predicted molar refractivity (Wildman–Crippen MR) is 128 cm³/mol. The van der Waals surface area contributed by atoms with Crippen LogP contribution >= 0.6 is 15.8 Å². The van der Waals surface area contributed by atoms with Crippen LogP contribution in [-0.4, -0.2) is 54.5 Å². The van der Waals surface area contributed by atoms with Crippen molar-refractivity contribution in [1.29, 1.82) is 0 Å². The Morgan fingerprint density at radius 1 is 0.519 bits per heavy atom. The van der Waals surface area contributed by atoms with Crippen LogP contribution in [0.2, 0.25) is 0 Å². The Bertz CT molecular complexity index is 325. The minimum Gasteiger partial charge on any atom is -0.264 e. The standard InChI is InChI=1S/2C10H23P.H2O4S/c2*1-4-7-10-11(8-5-2)9-6-3;1-5(2,3)4/h2*4-10H2,1-3H3;(H2,1,2,3,4). The van der Waals surface area contributed by atoms with Crippen LogP contribution in [0.15, 0.2) is 0 Å². The maximum Gasteiger partial charge on any atom is 0.394 e. The Morgan fingerprint density at radius 3 is 0.889 bits per heavy atom. The van der Waals surface area contributed by atoms with E-state index in [-0.39, 0.29) is 0 Å². The quantitative estimate of drug-likeness (QED) is 0.214. The van der Waals surface area contributed by atoms with Gasteiger partial charge in [0.2, 0.25) is 0 Å². The molecule has 0 amide bonds. The first kappa shape index (κ1) is 32.4. The fraction of sp³-hybridized carbons (Fsp3) is 1.00. The third kappa shape index (κ3) is 38.0. The van der Waals surface area contributed by atoms with E-state index in [1.54, 1.807) is 0 Å². The average molecular weight is 447 g/mol. The molecule has 0 atom stereocenters. The fourth-order valence-corrected chi connectivity index (χ4v) is 8.10. The second kappa shape index (κ2) is 24.8. The van der Waals surface area contributed by atoms with Gasteiger partial charge in [-0.3, -0.25) is 9.11 Å². The van der Waals surface area contributed by atoms with Crippen molar-refractivity contribution in [3.63, 3.8) is 0 Å². The van der Waals surface area contributed by atoms with Gasteiger partial charge in [-0.25, -0.2) is 0 Å². The molecular weight excluding hydrogens is 398 g/mol. The molecule has 0 aliphatic heterocycles. The molecule has 27 heavy (non-hydrogen) atoms. The van der Waals surface area contributed by atoms with Crippen molar-refractivity contribution in [2.45, 2.75) is 92.9 Å². The number of unbranched alkanes of at least 4 members (excludes halogenated alkanes) is 2. The second-order valence-electron chi connectivity index (χ2n) is 6.84. The van der Waals surface area contributed by atoms with Gasteiger partial charge in [-0.05, 0) is 49.8 Å². The van der Waals surface area contributed by atoms with Crippen LogP contribution in [0.3, 0.4) is 0 Å². The van der Waals surface area contributed by atoms with E-state index in [1.807, 2.05) is 0 Å².